The van der Waals surface area contributed by atoms with Gasteiger partial charge in [0.25, 0.3) is 0 Å². The monoisotopic (exact) mass is 391 g/mol. The van der Waals surface area contributed by atoms with Gasteiger partial charge >= 0.3 is 0 Å². The van der Waals surface area contributed by atoms with Crippen LogP contribution in [0, 0.1) is 23.7 Å². The van der Waals surface area contributed by atoms with Crippen molar-refractivity contribution in [2.45, 2.75) is 78.7 Å². The zero-order valence-electron chi connectivity index (χ0n) is 19.0. The van der Waals surface area contributed by atoms with Crippen molar-refractivity contribution in [2.75, 3.05) is 45.8 Å². The molecule has 2 aliphatic heterocycles. The van der Waals surface area contributed by atoms with Gasteiger partial charge in [0.1, 0.15) is 0 Å². The molecular weight excluding hydrogens is 346 g/mol. The van der Waals surface area contributed by atoms with Crippen LogP contribution in [0.25, 0.3) is 0 Å². The SMILES string of the molecule is CCC(C)C1CCC(N2CCC(CN3CCN(C(=O)C(C)C)CC3)CC2)CC1. The van der Waals surface area contributed by atoms with Crippen molar-refractivity contribution >= 4 is 5.91 Å². The second-order valence-electron chi connectivity index (χ2n) is 10.2. The first-order chi connectivity index (χ1) is 13.5. The first-order valence-corrected chi connectivity index (χ1v) is 12.2. The van der Waals surface area contributed by atoms with Gasteiger partial charge in [-0.2, -0.15) is 0 Å². The van der Waals surface area contributed by atoms with Crippen molar-refractivity contribution in [3.63, 3.8) is 0 Å². The van der Waals surface area contributed by atoms with Gasteiger partial charge in [-0.05, 0) is 69.4 Å². The van der Waals surface area contributed by atoms with Crippen molar-refractivity contribution in [1.82, 2.24) is 14.7 Å². The molecule has 0 aromatic carbocycles. The smallest absolute Gasteiger partial charge is 0.225 e. The highest BCUT2D eigenvalue weighted by atomic mass is 16.2. The van der Waals surface area contributed by atoms with Crippen LogP contribution in [0.5, 0.6) is 0 Å². The summed E-state index contributed by atoms with van der Waals surface area (Å²) in [5, 5.41) is 0. The van der Waals surface area contributed by atoms with Crippen molar-refractivity contribution in [2.24, 2.45) is 23.7 Å². The zero-order chi connectivity index (χ0) is 20.1. The quantitative estimate of drug-likeness (QED) is 0.682. The van der Waals surface area contributed by atoms with E-state index in [0.29, 0.717) is 5.91 Å². The minimum atomic E-state index is 0.135. The van der Waals surface area contributed by atoms with Crippen molar-refractivity contribution in [3.8, 4) is 0 Å². The third-order valence-electron chi connectivity index (χ3n) is 8.05. The third kappa shape index (κ3) is 5.72. The zero-order valence-corrected chi connectivity index (χ0v) is 19.0. The summed E-state index contributed by atoms with van der Waals surface area (Å²) < 4.78 is 0. The van der Waals surface area contributed by atoms with Gasteiger partial charge in [0.2, 0.25) is 5.91 Å². The molecule has 3 fully saturated rings. The third-order valence-corrected chi connectivity index (χ3v) is 8.05. The van der Waals surface area contributed by atoms with Crippen LogP contribution in [0.3, 0.4) is 0 Å². The second-order valence-corrected chi connectivity index (χ2v) is 10.2. The van der Waals surface area contributed by atoms with E-state index in [9.17, 15) is 4.79 Å². The molecule has 1 amide bonds. The van der Waals surface area contributed by atoms with Gasteiger partial charge in [0.15, 0.2) is 0 Å². The largest absolute Gasteiger partial charge is 0.340 e. The van der Waals surface area contributed by atoms with Crippen LogP contribution < -0.4 is 0 Å². The summed E-state index contributed by atoms with van der Waals surface area (Å²) in [7, 11) is 0. The Morgan fingerprint density at radius 2 is 1.46 bits per heavy atom. The minimum Gasteiger partial charge on any atom is -0.340 e. The fourth-order valence-corrected chi connectivity index (χ4v) is 5.75. The van der Waals surface area contributed by atoms with E-state index in [0.717, 1.165) is 50.0 Å². The first kappa shape index (κ1) is 22.1. The fraction of sp³-hybridized carbons (Fsp3) is 0.958. The molecule has 0 aromatic heterocycles. The van der Waals surface area contributed by atoms with Crippen LogP contribution in [-0.2, 0) is 4.79 Å². The van der Waals surface area contributed by atoms with E-state index in [1.54, 1.807) is 0 Å². The molecule has 1 saturated carbocycles. The highest BCUT2D eigenvalue weighted by molar-refractivity contribution is 5.78. The fourth-order valence-electron chi connectivity index (χ4n) is 5.75. The Morgan fingerprint density at radius 3 is 2.00 bits per heavy atom. The van der Waals surface area contributed by atoms with Crippen LogP contribution >= 0.6 is 0 Å². The van der Waals surface area contributed by atoms with Gasteiger partial charge in [-0.25, -0.2) is 0 Å². The molecule has 4 heteroatoms. The van der Waals surface area contributed by atoms with E-state index in [1.807, 2.05) is 13.8 Å². The van der Waals surface area contributed by atoms with E-state index in [1.165, 1.54) is 64.6 Å². The van der Waals surface area contributed by atoms with Gasteiger partial charge in [0.05, 0.1) is 0 Å². The average Bonchev–Trinajstić information content (AvgIpc) is 2.74. The molecule has 4 nitrogen and oxygen atoms in total. The summed E-state index contributed by atoms with van der Waals surface area (Å²) in [6, 6.07) is 0.867. The minimum absolute atomic E-state index is 0.135. The summed E-state index contributed by atoms with van der Waals surface area (Å²) in [6.07, 6.45) is 9.88. The molecule has 3 rings (SSSR count). The molecule has 2 saturated heterocycles. The lowest BCUT2D eigenvalue weighted by Gasteiger charge is -2.43. The summed E-state index contributed by atoms with van der Waals surface area (Å²) in [6.45, 7) is 16.7. The van der Waals surface area contributed by atoms with Gasteiger partial charge in [-0.3, -0.25) is 9.69 Å². The number of hydrogen-bond acceptors (Lipinski definition) is 3. The van der Waals surface area contributed by atoms with Crippen LogP contribution in [0.1, 0.15) is 72.6 Å². The molecule has 1 aliphatic carbocycles. The Bertz CT molecular complexity index is 470. The molecule has 3 aliphatic rings. The van der Waals surface area contributed by atoms with Gasteiger partial charge in [0, 0.05) is 44.7 Å². The highest BCUT2D eigenvalue weighted by Gasteiger charge is 2.31. The normalized spacial score (nSPS) is 30.0. The number of likely N-dealkylation sites (tertiary alicyclic amines) is 1. The molecule has 2 heterocycles. The lowest BCUT2D eigenvalue weighted by Crippen LogP contribution is -2.51. The number of nitrogens with zero attached hydrogens (tertiary/aromatic N) is 3. The predicted octanol–water partition coefficient (Wildman–Crippen LogP) is 4.10. The summed E-state index contributed by atoms with van der Waals surface area (Å²) in [5.41, 5.74) is 0. The van der Waals surface area contributed by atoms with Crippen molar-refractivity contribution < 1.29 is 4.79 Å². The Morgan fingerprint density at radius 1 is 0.857 bits per heavy atom. The average molecular weight is 392 g/mol. The topological polar surface area (TPSA) is 26.8 Å². The lowest BCUT2D eigenvalue weighted by atomic mass is 9.77. The Labute approximate surface area is 174 Å². The van der Waals surface area contributed by atoms with E-state index in [4.69, 9.17) is 0 Å². The number of piperazine rings is 1. The number of piperidine rings is 1. The van der Waals surface area contributed by atoms with Crippen molar-refractivity contribution in [1.29, 1.82) is 0 Å². The van der Waals surface area contributed by atoms with Gasteiger partial charge in [-0.15, -0.1) is 0 Å². The number of hydrogen-bond donors (Lipinski definition) is 0. The van der Waals surface area contributed by atoms with Gasteiger partial charge in [-0.1, -0.05) is 34.1 Å². The van der Waals surface area contributed by atoms with Crippen LogP contribution in [0.15, 0.2) is 0 Å². The number of carbonyl (C=O) groups is 1. The van der Waals surface area contributed by atoms with Crippen LogP contribution in [0.2, 0.25) is 0 Å². The molecule has 0 N–H and O–H groups in total. The molecular formula is C24H45N3O. The molecule has 162 valence electrons. The maximum absolute atomic E-state index is 12.2. The number of rotatable bonds is 6. The van der Waals surface area contributed by atoms with Crippen LogP contribution in [0.4, 0.5) is 0 Å². The first-order valence-electron chi connectivity index (χ1n) is 12.2. The predicted molar refractivity (Wildman–Crippen MR) is 117 cm³/mol. The second kappa shape index (κ2) is 10.4. The summed E-state index contributed by atoms with van der Waals surface area (Å²) in [4.78, 5) is 19.7. The maximum Gasteiger partial charge on any atom is 0.225 e. The molecule has 0 spiro atoms. The van der Waals surface area contributed by atoms with E-state index < -0.39 is 0 Å². The molecule has 28 heavy (non-hydrogen) atoms. The molecule has 1 unspecified atom stereocenters. The van der Waals surface area contributed by atoms with Crippen LogP contribution in [-0.4, -0.2) is 72.5 Å². The molecule has 0 aromatic rings. The molecule has 0 bridgehead atoms. The van der Waals surface area contributed by atoms with E-state index in [-0.39, 0.29) is 5.92 Å². The Hall–Kier alpha value is -0.610. The van der Waals surface area contributed by atoms with Gasteiger partial charge < -0.3 is 9.80 Å². The van der Waals surface area contributed by atoms with Crippen molar-refractivity contribution in [3.05, 3.63) is 0 Å². The van der Waals surface area contributed by atoms with E-state index in [2.05, 4.69) is 28.5 Å². The maximum atomic E-state index is 12.2. The lowest BCUT2D eigenvalue weighted by molar-refractivity contribution is -0.136. The van der Waals surface area contributed by atoms with E-state index >= 15 is 0 Å². The number of carbonyl (C=O) groups excluding carboxylic acids is 1. The highest BCUT2D eigenvalue weighted by Crippen LogP contribution is 2.35. The number of amides is 1. The molecule has 0 radical (unpaired) electrons. The summed E-state index contributed by atoms with van der Waals surface area (Å²) in [5.74, 6) is 3.23. The standard InChI is InChI=1S/C24H45N3O/c1-5-20(4)22-6-8-23(9-7-22)26-12-10-21(11-13-26)18-25-14-16-27(17-15-25)24(28)19(2)3/h19-23H,5-18H2,1-4H3. The Kier molecular flexibility index (Phi) is 8.22. The molecule has 1 atom stereocenters. The summed E-state index contributed by atoms with van der Waals surface area (Å²) >= 11 is 0. The Balaban J connectivity index is 1.34.